The Bertz CT molecular complexity index is 1170. The predicted octanol–water partition coefficient (Wildman–Crippen LogP) is 6.47. The molecular weight excluding hydrogens is 428 g/mol. The van der Waals surface area contributed by atoms with E-state index in [9.17, 15) is 4.79 Å². The van der Waals surface area contributed by atoms with Gasteiger partial charge in [0.1, 0.15) is 5.75 Å². The molecule has 0 aliphatic rings. The number of hydrogen-bond acceptors (Lipinski definition) is 3. The van der Waals surface area contributed by atoms with Gasteiger partial charge in [0.2, 0.25) is 5.91 Å². The summed E-state index contributed by atoms with van der Waals surface area (Å²) in [5, 5.41) is 4.83. The quantitative estimate of drug-likeness (QED) is 0.313. The van der Waals surface area contributed by atoms with Gasteiger partial charge in [-0.25, -0.2) is 0 Å². The Labute approximate surface area is 191 Å². The van der Waals surface area contributed by atoms with E-state index in [0.29, 0.717) is 12.4 Å². The van der Waals surface area contributed by atoms with Gasteiger partial charge in [0, 0.05) is 39.3 Å². The molecule has 3 aromatic carbocycles. The van der Waals surface area contributed by atoms with Crippen LogP contribution in [0.25, 0.3) is 10.9 Å². The van der Waals surface area contributed by atoms with Crippen LogP contribution in [0, 0.1) is 0 Å². The molecule has 1 N–H and O–H groups in total. The number of aromatic nitrogens is 1. The number of ether oxygens (including phenoxy) is 1. The van der Waals surface area contributed by atoms with Gasteiger partial charge >= 0.3 is 0 Å². The smallest absolute Gasteiger partial charge is 0.234 e. The first-order valence-corrected chi connectivity index (χ1v) is 11.5. The van der Waals surface area contributed by atoms with Gasteiger partial charge in [-0.3, -0.25) is 4.79 Å². The lowest BCUT2D eigenvalue weighted by Gasteiger charge is -2.07. The van der Waals surface area contributed by atoms with Gasteiger partial charge in [0.25, 0.3) is 0 Å². The number of fused-ring (bicyclic) bond motifs is 1. The third kappa shape index (κ3) is 5.43. The standard InChI is InChI=1S/C25H23ClN2O2S/c1-2-30-21-13-11-20(12-14-21)27-25(29)17-31-24-16-28(23-6-4-3-5-22(23)24)15-18-7-9-19(26)10-8-18/h3-14,16H,2,15,17H2,1H3,(H,27,29). The van der Waals surface area contributed by atoms with Gasteiger partial charge < -0.3 is 14.6 Å². The number of para-hydroxylation sites is 1. The summed E-state index contributed by atoms with van der Waals surface area (Å²) in [5.41, 5.74) is 3.08. The van der Waals surface area contributed by atoms with Crippen molar-refractivity contribution in [2.24, 2.45) is 0 Å². The molecule has 1 heterocycles. The van der Waals surface area contributed by atoms with E-state index in [-0.39, 0.29) is 5.91 Å². The molecule has 0 fully saturated rings. The van der Waals surface area contributed by atoms with Crippen molar-refractivity contribution in [1.82, 2.24) is 4.57 Å². The van der Waals surface area contributed by atoms with Crippen molar-refractivity contribution in [2.45, 2.75) is 18.4 Å². The average molecular weight is 451 g/mol. The van der Waals surface area contributed by atoms with Gasteiger partial charge in [-0.15, -0.1) is 11.8 Å². The van der Waals surface area contributed by atoms with Crippen LogP contribution in [0.5, 0.6) is 5.75 Å². The van der Waals surface area contributed by atoms with Gasteiger partial charge in [0.15, 0.2) is 0 Å². The number of hydrogen-bond donors (Lipinski definition) is 1. The number of benzene rings is 3. The fraction of sp³-hybridized carbons (Fsp3) is 0.160. The van der Waals surface area contributed by atoms with Crippen molar-refractivity contribution < 1.29 is 9.53 Å². The maximum absolute atomic E-state index is 12.5. The van der Waals surface area contributed by atoms with Crippen molar-refractivity contribution in [2.75, 3.05) is 17.7 Å². The van der Waals surface area contributed by atoms with Crippen LogP contribution in [0.3, 0.4) is 0 Å². The number of nitrogens with zero attached hydrogens (tertiary/aromatic N) is 1. The number of amides is 1. The molecule has 0 spiro atoms. The van der Waals surface area contributed by atoms with E-state index in [2.05, 4.69) is 28.2 Å². The fourth-order valence-corrected chi connectivity index (χ4v) is 4.40. The number of carbonyl (C=O) groups is 1. The average Bonchev–Trinajstić information content (AvgIpc) is 3.13. The summed E-state index contributed by atoms with van der Waals surface area (Å²) >= 11 is 7.55. The maximum atomic E-state index is 12.5. The molecule has 31 heavy (non-hydrogen) atoms. The first-order chi connectivity index (χ1) is 15.1. The van der Waals surface area contributed by atoms with Crippen LogP contribution in [0.2, 0.25) is 5.02 Å². The van der Waals surface area contributed by atoms with Crippen molar-refractivity contribution in [3.8, 4) is 5.75 Å². The van der Waals surface area contributed by atoms with Crippen molar-refractivity contribution in [1.29, 1.82) is 0 Å². The lowest BCUT2D eigenvalue weighted by atomic mass is 10.2. The largest absolute Gasteiger partial charge is 0.494 e. The molecule has 0 radical (unpaired) electrons. The first-order valence-electron chi connectivity index (χ1n) is 10.1. The maximum Gasteiger partial charge on any atom is 0.234 e. The Morgan fingerprint density at radius 2 is 1.77 bits per heavy atom. The van der Waals surface area contributed by atoms with E-state index < -0.39 is 0 Å². The molecule has 4 nitrogen and oxygen atoms in total. The minimum Gasteiger partial charge on any atom is -0.494 e. The topological polar surface area (TPSA) is 43.3 Å². The molecule has 1 amide bonds. The Balaban J connectivity index is 1.44. The molecular formula is C25H23ClN2O2S. The Kier molecular flexibility index (Phi) is 6.85. The minimum absolute atomic E-state index is 0.0382. The second-order valence-electron chi connectivity index (χ2n) is 7.06. The molecule has 0 aliphatic carbocycles. The highest BCUT2D eigenvalue weighted by Gasteiger charge is 2.11. The van der Waals surface area contributed by atoms with E-state index in [1.807, 2.05) is 67.6 Å². The highest BCUT2D eigenvalue weighted by Crippen LogP contribution is 2.31. The van der Waals surface area contributed by atoms with Crippen LogP contribution in [-0.2, 0) is 11.3 Å². The van der Waals surface area contributed by atoms with Crippen LogP contribution in [0.15, 0.2) is 83.9 Å². The number of carbonyl (C=O) groups excluding carboxylic acids is 1. The van der Waals surface area contributed by atoms with E-state index in [1.165, 1.54) is 5.56 Å². The van der Waals surface area contributed by atoms with Crippen LogP contribution in [0.4, 0.5) is 5.69 Å². The number of anilines is 1. The van der Waals surface area contributed by atoms with Gasteiger partial charge in [0.05, 0.1) is 12.4 Å². The third-order valence-corrected chi connectivity index (χ3v) is 6.12. The molecule has 158 valence electrons. The van der Waals surface area contributed by atoms with Crippen molar-refractivity contribution in [3.05, 3.63) is 89.6 Å². The Morgan fingerprint density at radius 3 is 2.52 bits per heavy atom. The molecule has 0 saturated carbocycles. The number of nitrogens with one attached hydrogen (secondary N) is 1. The van der Waals surface area contributed by atoms with E-state index >= 15 is 0 Å². The number of thioether (sulfide) groups is 1. The summed E-state index contributed by atoms with van der Waals surface area (Å²) < 4.78 is 7.65. The number of rotatable bonds is 8. The summed E-state index contributed by atoms with van der Waals surface area (Å²) in [6, 6.07) is 23.6. The Morgan fingerprint density at radius 1 is 1.03 bits per heavy atom. The summed E-state index contributed by atoms with van der Waals surface area (Å²) in [4.78, 5) is 13.6. The molecule has 0 atom stereocenters. The van der Waals surface area contributed by atoms with E-state index in [1.54, 1.807) is 11.8 Å². The normalized spacial score (nSPS) is 10.9. The first kappa shape index (κ1) is 21.3. The zero-order chi connectivity index (χ0) is 21.6. The highest BCUT2D eigenvalue weighted by atomic mass is 35.5. The van der Waals surface area contributed by atoms with Crippen LogP contribution in [-0.4, -0.2) is 22.8 Å². The van der Waals surface area contributed by atoms with Gasteiger partial charge in [-0.1, -0.05) is 41.9 Å². The Hall–Kier alpha value is -2.89. The minimum atomic E-state index is -0.0382. The van der Waals surface area contributed by atoms with Gasteiger partial charge in [-0.2, -0.15) is 0 Å². The van der Waals surface area contributed by atoms with E-state index in [4.69, 9.17) is 16.3 Å². The zero-order valence-corrected chi connectivity index (χ0v) is 18.7. The third-order valence-electron chi connectivity index (χ3n) is 4.83. The molecule has 0 aliphatic heterocycles. The number of halogens is 1. The fourth-order valence-electron chi connectivity index (χ4n) is 3.39. The summed E-state index contributed by atoms with van der Waals surface area (Å²) in [5.74, 6) is 1.09. The van der Waals surface area contributed by atoms with Gasteiger partial charge in [-0.05, 0) is 55.0 Å². The lowest BCUT2D eigenvalue weighted by molar-refractivity contribution is -0.113. The molecule has 6 heteroatoms. The van der Waals surface area contributed by atoms with Crippen molar-refractivity contribution in [3.63, 3.8) is 0 Å². The molecule has 0 bridgehead atoms. The molecule has 4 rings (SSSR count). The second kappa shape index (κ2) is 9.94. The molecule has 1 aromatic heterocycles. The van der Waals surface area contributed by atoms with Crippen LogP contribution in [0.1, 0.15) is 12.5 Å². The predicted molar refractivity (Wildman–Crippen MR) is 129 cm³/mol. The summed E-state index contributed by atoms with van der Waals surface area (Å²) in [6.45, 7) is 3.31. The molecule has 0 unspecified atom stereocenters. The zero-order valence-electron chi connectivity index (χ0n) is 17.2. The molecule has 0 saturated heterocycles. The summed E-state index contributed by atoms with van der Waals surface area (Å²) in [7, 11) is 0. The van der Waals surface area contributed by atoms with Crippen molar-refractivity contribution >= 4 is 45.9 Å². The van der Waals surface area contributed by atoms with Crippen LogP contribution >= 0.6 is 23.4 Å². The van der Waals surface area contributed by atoms with E-state index in [0.717, 1.165) is 38.8 Å². The SMILES string of the molecule is CCOc1ccc(NC(=O)CSc2cn(Cc3ccc(Cl)cc3)c3ccccc23)cc1. The second-order valence-corrected chi connectivity index (χ2v) is 8.51. The summed E-state index contributed by atoms with van der Waals surface area (Å²) in [6.07, 6.45) is 2.12. The monoisotopic (exact) mass is 450 g/mol. The lowest BCUT2D eigenvalue weighted by Crippen LogP contribution is -2.13. The van der Waals surface area contributed by atoms with Crippen LogP contribution < -0.4 is 10.1 Å². The molecule has 4 aromatic rings. The highest BCUT2D eigenvalue weighted by molar-refractivity contribution is 8.00.